The molecule has 5 nitrogen and oxygen atoms in total. The van der Waals surface area contributed by atoms with Gasteiger partial charge in [0.15, 0.2) is 0 Å². The molecule has 0 fully saturated rings. The topological polar surface area (TPSA) is 101 Å². The molecule has 0 unspecified atom stereocenters. The predicted molar refractivity (Wildman–Crippen MR) is 121 cm³/mol. The summed E-state index contributed by atoms with van der Waals surface area (Å²) in [6.07, 6.45) is 11.8. The van der Waals surface area contributed by atoms with Gasteiger partial charge in [-0.15, -0.1) is 0 Å². The molecule has 0 saturated heterocycles. The zero-order chi connectivity index (χ0) is 21.5. The third kappa shape index (κ3) is 9.72. The van der Waals surface area contributed by atoms with Gasteiger partial charge in [0.05, 0.1) is 6.61 Å². The lowest BCUT2D eigenvalue weighted by Crippen LogP contribution is -2.04. The van der Waals surface area contributed by atoms with E-state index in [9.17, 15) is 13.0 Å². The first-order valence-corrected chi connectivity index (χ1v) is 12.2. The average molecular weight is 424 g/mol. The molecule has 2 aromatic rings. The number of benzene rings is 2. The summed E-state index contributed by atoms with van der Waals surface area (Å²) in [5.74, 6) is 0. The Morgan fingerprint density at radius 1 is 0.862 bits per heavy atom. The number of aliphatic hydroxyl groups is 1. The summed E-state index contributed by atoms with van der Waals surface area (Å²) >= 11 is 0. The van der Waals surface area contributed by atoms with Gasteiger partial charge in [0.1, 0.15) is 4.90 Å². The van der Waals surface area contributed by atoms with Crippen LogP contribution in [0.2, 0.25) is 0 Å². The molecule has 6 heteroatoms. The van der Waals surface area contributed by atoms with Gasteiger partial charge in [-0.1, -0.05) is 94.7 Å². The molecule has 0 aliphatic heterocycles. The highest BCUT2D eigenvalue weighted by Gasteiger charge is 2.18. The maximum atomic E-state index is 11.9. The van der Waals surface area contributed by atoms with E-state index in [1.54, 1.807) is 12.1 Å². The van der Waals surface area contributed by atoms with Gasteiger partial charge in [-0.2, -0.15) is 8.42 Å². The number of unbranched alkanes of at least 4 members (excludes halogenated alkanes) is 8. The first-order valence-electron chi connectivity index (χ1n) is 10.7. The molecule has 0 radical (unpaired) electrons. The van der Waals surface area contributed by atoms with Crippen LogP contribution < -0.4 is 5.73 Å². The summed E-state index contributed by atoms with van der Waals surface area (Å²) in [5, 5.41) is 9.20. The van der Waals surface area contributed by atoms with Gasteiger partial charge in [0, 0.05) is 11.9 Å². The standard InChI is InChI=1S/C21H30O3S.C2H7NO/c1-2-3-4-5-6-7-8-9-10-14-19-17-16-18-13-11-12-15-20(18)21(19)25(22,23)24;3-1-2-4/h11-13,15-17H,2-10,14H2,1H3,(H,22,23,24);4H,1-3H2. The summed E-state index contributed by atoms with van der Waals surface area (Å²) in [4.78, 5) is 0.0881. The van der Waals surface area contributed by atoms with Crippen molar-refractivity contribution in [1.82, 2.24) is 0 Å². The number of rotatable bonds is 12. The number of aryl methyl sites for hydroxylation is 1. The van der Waals surface area contributed by atoms with Crippen LogP contribution >= 0.6 is 0 Å². The van der Waals surface area contributed by atoms with Crippen LogP contribution in [0.25, 0.3) is 10.8 Å². The van der Waals surface area contributed by atoms with Gasteiger partial charge in [-0.05, 0) is 23.8 Å². The Bertz CT molecular complexity index is 804. The molecule has 164 valence electrons. The van der Waals surface area contributed by atoms with Crippen molar-refractivity contribution in [2.24, 2.45) is 5.73 Å². The lowest BCUT2D eigenvalue weighted by Gasteiger charge is -2.11. The van der Waals surface area contributed by atoms with Crippen molar-refractivity contribution in [3.8, 4) is 0 Å². The van der Waals surface area contributed by atoms with E-state index < -0.39 is 10.1 Å². The van der Waals surface area contributed by atoms with E-state index in [0.29, 0.717) is 18.4 Å². The van der Waals surface area contributed by atoms with Gasteiger partial charge < -0.3 is 10.8 Å². The molecule has 2 rings (SSSR count). The third-order valence-corrected chi connectivity index (χ3v) is 5.90. The third-order valence-electron chi connectivity index (χ3n) is 4.90. The summed E-state index contributed by atoms with van der Waals surface area (Å²) in [6.45, 7) is 2.70. The van der Waals surface area contributed by atoms with Crippen LogP contribution in [0, 0.1) is 0 Å². The van der Waals surface area contributed by atoms with E-state index in [0.717, 1.165) is 23.8 Å². The quantitative estimate of drug-likeness (QED) is 0.326. The number of fused-ring (bicyclic) bond motifs is 1. The van der Waals surface area contributed by atoms with Gasteiger partial charge in [-0.25, -0.2) is 0 Å². The highest BCUT2D eigenvalue weighted by atomic mass is 32.2. The second kappa shape index (κ2) is 14.5. The Morgan fingerprint density at radius 3 is 1.97 bits per heavy atom. The summed E-state index contributed by atoms with van der Waals surface area (Å²) in [7, 11) is -4.22. The first-order chi connectivity index (χ1) is 14.0. The molecule has 0 atom stereocenters. The van der Waals surface area contributed by atoms with Gasteiger partial charge in [-0.3, -0.25) is 4.55 Å². The number of hydrogen-bond acceptors (Lipinski definition) is 4. The van der Waals surface area contributed by atoms with Crippen molar-refractivity contribution in [2.75, 3.05) is 13.2 Å². The normalized spacial score (nSPS) is 11.3. The summed E-state index contributed by atoms with van der Waals surface area (Å²) < 4.78 is 33.5. The van der Waals surface area contributed by atoms with E-state index in [-0.39, 0.29) is 11.5 Å². The Balaban J connectivity index is 0.000000960. The SMILES string of the molecule is CCCCCCCCCCCc1ccc2ccccc2c1S(=O)(=O)O.NCCO. The molecular formula is C23H37NO4S. The van der Waals surface area contributed by atoms with E-state index in [2.05, 4.69) is 6.92 Å². The van der Waals surface area contributed by atoms with Gasteiger partial charge in [0.25, 0.3) is 10.1 Å². The van der Waals surface area contributed by atoms with Crippen LogP contribution in [0.3, 0.4) is 0 Å². The molecule has 29 heavy (non-hydrogen) atoms. The Labute approximate surface area is 176 Å². The van der Waals surface area contributed by atoms with Gasteiger partial charge >= 0.3 is 0 Å². The molecule has 0 bridgehead atoms. The molecule has 0 aliphatic rings. The highest BCUT2D eigenvalue weighted by molar-refractivity contribution is 7.86. The minimum Gasteiger partial charge on any atom is -0.395 e. The average Bonchev–Trinajstić information content (AvgIpc) is 2.71. The van der Waals surface area contributed by atoms with Crippen molar-refractivity contribution < 1.29 is 18.1 Å². The Hall–Kier alpha value is -1.47. The van der Waals surface area contributed by atoms with Crippen LogP contribution in [0.1, 0.15) is 70.3 Å². The van der Waals surface area contributed by atoms with Crippen LogP contribution in [-0.2, 0) is 16.5 Å². The fourth-order valence-corrected chi connectivity index (χ4v) is 4.38. The van der Waals surface area contributed by atoms with E-state index >= 15 is 0 Å². The minimum atomic E-state index is -4.22. The molecule has 0 aromatic heterocycles. The van der Waals surface area contributed by atoms with E-state index in [1.165, 1.54) is 44.9 Å². The lowest BCUT2D eigenvalue weighted by atomic mass is 10.0. The van der Waals surface area contributed by atoms with Crippen LogP contribution in [0.5, 0.6) is 0 Å². The van der Waals surface area contributed by atoms with E-state index in [1.807, 2.05) is 24.3 Å². The molecule has 0 aliphatic carbocycles. The minimum absolute atomic E-state index is 0.0881. The molecule has 0 saturated carbocycles. The predicted octanol–water partition coefficient (Wildman–Crippen LogP) is 5.10. The van der Waals surface area contributed by atoms with Crippen molar-refractivity contribution >= 4 is 20.9 Å². The summed E-state index contributed by atoms with van der Waals surface area (Å²) in [5.41, 5.74) is 5.50. The highest BCUT2D eigenvalue weighted by Crippen LogP contribution is 2.28. The van der Waals surface area contributed by atoms with E-state index in [4.69, 9.17) is 10.8 Å². The number of aliphatic hydroxyl groups excluding tert-OH is 1. The van der Waals surface area contributed by atoms with Crippen molar-refractivity contribution in [3.05, 3.63) is 42.0 Å². The second-order valence-corrected chi connectivity index (χ2v) is 8.70. The second-order valence-electron chi connectivity index (χ2n) is 7.34. The maximum absolute atomic E-state index is 11.9. The zero-order valence-corrected chi connectivity index (χ0v) is 18.5. The lowest BCUT2D eigenvalue weighted by molar-refractivity contribution is 0.306. The monoisotopic (exact) mass is 423 g/mol. The molecule has 4 N–H and O–H groups in total. The maximum Gasteiger partial charge on any atom is 0.295 e. The van der Waals surface area contributed by atoms with Gasteiger partial charge in [0.2, 0.25) is 0 Å². The molecular weight excluding hydrogens is 386 g/mol. The smallest absolute Gasteiger partial charge is 0.295 e. The van der Waals surface area contributed by atoms with Crippen LogP contribution in [0.15, 0.2) is 41.3 Å². The van der Waals surface area contributed by atoms with Crippen molar-refractivity contribution in [3.63, 3.8) is 0 Å². The molecule has 0 amide bonds. The Kier molecular flexibility index (Phi) is 12.8. The Morgan fingerprint density at radius 2 is 1.41 bits per heavy atom. The van der Waals surface area contributed by atoms with Crippen molar-refractivity contribution in [1.29, 1.82) is 0 Å². The fourth-order valence-electron chi connectivity index (χ4n) is 3.42. The van der Waals surface area contributed by atoms with Crippen LogP contribution in [-0.4, -0.2) is 31.2 Å². The van der Waals surface area contributed by atoms with Crippen LogP contribution in [0.4, 0.5) is 0 Å². The molecule has 0 spiro atoms. The fraction of sp³-hybridized carbons (Fsp3) is 0.565. The first kappa shape index (κ1) is 25.6. The molecule has 2 aromatic carbocycles. The molecule has 0 heterocycles. The summed E-state index contributed by atoms with van der Waals surface area (Å²) in [6, 6.07) is 11.1. The largest absolute Gasteiger partial charge is 0.395 e. The zero-order valence-electron chi connectivity index (χ0n) is 17.6. The number of hydrogen-bond donors (Lipinski definition) is 3. The van der Waals surface area contributed by atoms with Crippen molar-refractivity contribution in [2.45, 2.75) is 76.0 Å². The number of nitrogens with two attached hydrogens (primary N) is 1.